The van der Waals surface area contributed by atoms with Crippen LogP contribution in [0.25, 0.3) is 22.1 Å². The molecule has 0 aliphatic carbocycles. The van der Waals surface area contributed by atoms with E-state index < -0.39 is 11.8 Å². The van der Waals surface area contributed by atoms with Crippen molar-refractivity contribution in [3.63, 3.8) is 0 Å². The summed E-state index contributed by atoms with van der Waals surface area (Å²) in [5.41, 5.74) is 1.11. The standard InChI is InChI=1S/C19H16BrFN4O3S/c20-13-9-11(21)1-2-12(13)16-15(19(26)27)14(10-25-4-6-28-7-5-25)23-17(24-16)18-22-3-8-29-18/h1-3,8-9H,4-7,10H2,(H,26,27). The summed E-state index contributed by atoms with van der Waals surface area (Å²) < 4.78 is 19.4. The molecule has 1 N–H and O–H groups in total. The lowest BCUT2D eigenvalue weighted by atomic mass is 10.0. The molecule has 1 aromatic carbocycles. The second-order valence-electron chi connectivity index (χ2n) is 6.37. The van der Waals surface area contributed by atoms with Gasteiger partial charge in [0.25, 0.3) is 0 Å². The molecule has 4 rings (SSSR count). The van der Waals surface area contributed by atoms with E-state index in [9.17, 15) is 14.3 Å². The molecule has 3 aromatic rings. The number of carboxylic acids is 1. The Hall–Kier alpha value is -2.27. The highest BCUT2D eigenvalue weighted by molar-refractivity contribution is 9.10. The molecule has 1 aliphatic rings. The SMILES string of the molecule is O=C(O)c1c(CN2CCOCC2)nc(-c2nccs2)nc1-c1ccc(F)cc1Br. The van der Waals surface area contributed by atoms with E-state index in [4.69, 9.17) is 4.74 Å². The van der Waals surface area contributed by atoms with Crippen molar-refractivity contribution in [2.45, 2.75) is 6.54 Å². The molecule has 1 saturated heterocycles. The molecule has 0 saturated carbocycles. The maximum absolute atomic E-state index is 13.6. The number of aromatic carboxylic acids is 1. The number of carboxylic acid groups (broad SMARTS) is 1. The number of rotatable bonds is 5. The maximum atomic E-state index is 13.6. The highest BCUT2D eigenvalue weighted by Gasteiger charge is 2.26. The van der Waals surface area contributed by atoms with Crippen LogP contribution in [0.3, 0.4) is 0 Å². The first kappa shape index (κ1) is 20.0. The van der Waals surface area contributed by atoms with Crippen LogP contribution in [0.15, 0.2) is 34.2 Å². The van der Waals surface area contributed by atoms with Gasteiger partial charge in [0.1, 0.15) is 11.4 Å². The number of ether oxygens (including phenoxy) is 1. The number of hydrogen-bond acceptors (Lipinski definition) is 7. The van der Waals surface area contributed by atoms with Gasteiger partial charge in [-0.3, -0.25) is 4.90 Å². The van der Waals surface area contributed by atoms with Crippen molar-refractivity contribution in [3.05, 3.63) is 51.3 Å². The Bertz CT molecular complexity index is 1040. The Morgan fingerprint density at radius 2 is 2.10 bits per heavy atom. The van der Waals surface area contributed by atoms with E-state index in [1.165, 1.54) is 29.5 Å². The molecular formula is C19H16BrFN4O3S. The van der Waals surface area contributed by atoms with Crippen LogP contribution in [0, 0.1) is 5.82 Å². The van der Waals surface area contributed by atoms with Crippen LogP contribution in [-0.4, -0.2) is 57.2 Å². The number of benzene rings is 1. The normalized spacial score (nSPS) is 14.8. The van der Waals surface area contributed by atoms with E-state index in [0.717, 1.165) is 0 Å². The van der Waals surface area contributed by atoms with Crippen molar-refractivity contribution in [2.24, 2.45) is 0 Å². The van der Waals surface area contributed by atoms with Crippen molar-refractivity contribution in [1.82, 2.24) is 19.9 Å². The molecule has 0 atom stereocenters. The summed E-state index contributed by atoms with van der Waals surface area (Å²) in [6.45, 7) is 2.89. The van der Waals surface area contributed by atoms with Crippen LogP contribution in [0.1, 0.15) is 16.1 Å². The third-order valence-corrected chi connectivity index (χ3v) is 5.91. The van der Waals surface area contributed by atoms with E-state index >= 15 is 0 Å². The smallest absolute Gasteiger partial charge is 0.339 e. The van der Waals surface area contributed by atoms with E-state index in [0.29, 0.717) is 59.4 Å². The summed E-state index contributed by atoms with van der Waals surface area (Å²) in [5, 5.41) is 12.4. The molecule has 29 heavy (non-hydrogen) atoms. The molecule has 0 bridgehead atoms. The zero-order chi connectivity index (χ0) is 20.4. The molecule has 150 valence electrons. The van der Waals surface area contributed by atoms with Crippen molar-refractivity contribution in [3.8, 4) is 22.1 Å². The van der Waals surface area contributed by atoms with Crippen LogP contribution in [0.4, 0.5) is 4.39 Å². The quantitative estimate of drug-likeness (QED) is 0.597. The summed E-state index contributed by atoms with van der Waals surface area (Å²) in [7, 11) is 0. The van der Waals surface area contributed by atoms with Crippen molar-refractivity contribution >= 4 is 33.2 Å². The molecule has 1 fully saturated rings. The van der Waals surface area contributed by atoms with Gasteiger partial charge in [-0.15, -0.1) is 11.3 Å². The van der Waals surface area contributed by atoms with Gasteiger partial charge in [0, 0.05) is 41.2 Å². The topological polar surface area (TPSA) is 88.4 Å². The molecule has 0 radical (unpaired) electrons. The maximum Gasteiger partial charge on any atom is 0.339 e. The minimum atomic E-state index is -1.13. The predicted molar refractivity (Wildman–Crippen MR) is 109 cm³/mol. The van der Waals surface area contributed by atoms with Gasteiger partial charge < -0.3 is 9.84 Å². The lowest BCUT2D eigenvalue weighted by molar-refractivity contribution is 0.0334. The monoisotopic (exact) mass is 478 g/mol. The number of carbonyl (C=O) groups is 1. The van der Waals surface area contributed by atoms with Crippen molar-refractivity contribution in [1.29, 1.82) is 0 Å². The van der Waals surface area contributed by atoms with E-state index in [-0.39, 0.29) is 11.3 Å². The first-order valence-corrected chi connectivity index (χ1v) is 10.5. The van der Waals surface area contributed by atoms with Gasteiger partial charge in [-0.1, -0.05) is 0 Å². The fourth-order valence-corrected chi connectivity index (χ4v) is 4.23. The first-order valence-electron chi connectivity index (χ1n) is 8.82. The minimum absolute atomic E-state index is 0.00380. The number of halogens is 2. The average Bonchev–Trinajstić information content (AvgIpc) is 3.23. The van der Waals surface area contributed by atoms with Gasteiger partial charge >= 0.3 is 5.97 Å². The molecular weight excluding hydrogens is 463 g/mol. The van der Waals surface area contributed by atoms with E-state index in [1.807, 2.05) is 0 Å². The summed E-state index contributed by atoms with van der Waals surface area (Å²) in [5.74, 6) is -1.22. The molecule has 10 heteroatoms. The number of morpholine rings is 1. The van der Waals surface area contributed by atoms with Crippen LogP contribution < -0.4 is 0 Å². The minimum Gasteiger partial charge on any atom is -0.478 e. The lowest BCUT2D eigenvalue weighted by Gasteiger charge is -2.27. The fraction of sp³-hybridized carbons (Fsp3) is 0.263. The van der Waals surface area contributed by atoms with Gasteiger partial charge in [-0.2, -0.15) is 0 Å². The Labute approximate surface area is 178 Å². The Balaban J connectivity index is 1.90. The summed E-state index contributed by atoms with van der Waals surface area (Å²) in [4.78, 5) is 27.6. The molecule has 1 aliphatic heterocycles. The molecule has 0 spiro atoms. The largest absolute Gasteiger partial charge is 0.478 e. The highest BCUT2D eigenvalue weighted by atomic mass is 79.9. The third-order valence-electron chi connectivity index (χ3n) is 4.48. The van der Waals surface area contributed by atoms with Crippen molar-refractivity contribution < 1.29 is 19.0 Å². The second kappa shape index (κ2) is 8.62. The molecule has 0 amide bonds. The number of nitrogens with zero attached hydrogens (tertiary/aromatic N) is 4. The summed E-state index contributed by atoms with van der Waals surface area (Å²) >= 11 is 4.70. The number of thiazole rings is 1. The third kappa shape index (κ3) is 4.35. The lowest BCUT2D eigenvalue weighted by Crippen LogP contribution is -2.36. The summed E-state index contributed by atoms with van der Waals surface area (Å²) in [6, 6.07) is 4.07. The van der Waals surface area contributed by atoms with Gasteiger partial charge in [0.05, 0.1) is 24.6 Å². The number of hydrogen-bond donors (Lipinski definition) is 1. The fourth-order valence-electron chi connectivity index (χ4n) is 3.12. The second-order valence-corrected chi connectivity index (χ2v) is 8.12. The first-order chi connectivity index (χ1) is 14.0. The van der Waals surface area contributed by atoms with E-state index in [1.54, 1.807) is 11.6 Å². The van der Waals surface area contributed by atoms with Crippen LogP contribution in [0.2, 0.25) is 0 Å². The summed E-state index contributed by atoms with van der Waals surface area (Å²) in [6.07, 6.45) is 1.64. The van der Waals surface area contributed by atoms with Crippen LogP contribution in [0.5, 0.6) is 0 Å². The Kier molecular flexibility index (Phi) is 5.95. The van der Waals surface area contributed by atoms with Gasteiger partial charge in [0.15, 0.2) is 10.8 Å². The average molecular weight is 479 g/mol. The van der Waals surface area contributed by atoms with Gasteiger partial charge in [0.2, 0.25) is 0 Å². The van der Waals surface area contributed by atoms with Crippen LogP contribution >= 0.6 is 27.3 Å². The number of aromatic nitrogens is 3. The molecule has 3 heterocycles. The molecule has 0 unspecified atom stereocenters. The highest BCUT2D eigenvalue weighted by Crippen LogP contribution is 2.33. The van der Waals surface area contributed by atoms with Crippen LogP contribution in [-0.2, 0) is 11.3 Å². The van der Waals surface area contributed by atoms with Crippen molar-refractivity contribution in [2.75, 3.05) is 26.3 Å². The molecule has 7 nitrogen and oxygen atoms in total. The van der Waals surface area contributed by atoms with E-state index in [2.05, 4.69) is 35.8 Å². The Morgan fingerprint density at radius 1 is 1.31 bits per heavy atom. The Morgan fingerprint density at radius 3 is 2.76 bits per heavy atom. The zero-order valence-electron chi connectivity index (χ0n) is 15.1. The van der Waals surface area contributed by atoms with Gasteiger partial charge in [-0.05, 0) is 34.1 Å². The van der Waals surface area contributed by atoms with Gasteiger partial charge in [-0.25, -0.2) is 24.1 Å². The zero-order valence-corrected chi connectivity index (χ0v) is 17.5. The molecule has 2 aromatic heterocycles. The predicted octanol–water partition coefficient (Wildman–Crippen LogP) is 3.70.